The monoisotopic (exact) mass is 520 g/mol. The maximum absolute atomic E-state index is 14.6. The summed E-state index contributed by atoms with van der Waals surface area (Å²) in [6.45, 7) is 0. The predicted molar refractivity (Wildman–Crippen MR) is 138 cm³/mol. The van der Waals surface area contributed by atoms with Gasteiger partial charge in [0.15, 0.2) is 23.0 Å². The molecule has 1 aliphatic carbocycles. The highest BCUT2D eigenvalue weighted by atomic mass is 19.2. The van der Waals surface area contributed by atoms with E-state index in [1.807, 2.05) is 6.07 Å². The van der Waals surface area contributed by atoms with Crippen molar-refractivity contribution >= 4 is 23.6 Å². The first-order valence-electron chi connectivity index (χ1n) is 12.6. The Balaban J connectivity index is 1.73. The lowest BCUT2D eigenvalue weighted by molar-refractivity contribution is -0.134. The first-order chi connectivity index (χ1) is 18.4. The van der Waals surface area contributed by atoms with Gasteiger partial charge in [0.05, 0.1) is 12.7 Å². The average molecular weight is 521 g/mol. The summed E-state index contributed by atoms with van der Waals surface area (Å²) < 4.78 is 48.6. The van der Waals surface area contributed by atoms with Crippen LogP contribution in [0.15, 0.2) is 72.3 Å². The van der Waals surface area contributed by atoms with Crippen molar-refractivity contribution in [3.63, 3.8) is 0 Å². The fourth-order valence-electron chi connectivity index (χ4n) is 5.36. The Hall–Kier alpha value is -4.07. The van der Waals surface area contributed by atoms with Gasteiger partial charge in [-0.2, -0.15) is 0 Å². The second kappa shape index (κ2) is 10.4. The number of carbonyl (C=O) groups excluding carboxylic acids is 2. The van der Waals surface area contributed by atoms with E-state index in [2.05, 4.69) is 5.32 Å². The molecule has 3 aromatic rings. The largest absolute Gasteiger partial charge is 0.497 e. The van der Waals surface area contributed by atoms with Gasteiger partial charge in [-0.25, -0.2) is 13.2 Å². The average Bonchev–Trinajstić information content (AvgIpc) is 2.94. The number of benzene rings is 3. The predicted octanol–water partition coefficient (Wildman–Crippen LogP) is 5.89. The van der Waals surface area contributed by atoms with Crippen LogP contribution in [0.5, 0.6) is 5.75 Å². The molecule has 5 rings (SSSR count). The molecule has 2 aliphatic rings. The normalized spacial score (nSPS) is 20.8. The maximum Gasteiger partial charge on any atom is 0.259 e. The zero-order valence-corrected chi connectivity index (χ0v) is 20.8. The molecular weight excluding hydrogens is 493 g/mol. The van der Waals surface area contributed by atoms with Crippen molar-refractivity contribution in [1.29, 1.82) is 0 Å². The number of halogens is 3. The lowest BCUT2D eigenvalue weighted by Gasteiger charge is -2.53. The van der Waals surface area contributed by atoms with Crippen molar-refractivity contribution in [2.45, 2.75) is 43.7 Å². The van der Waals surface area contributed by atoms with Crippen LogP contribution in [0.1, 0.15) is 43.2 Å². The van der Waals surface area contributed by atoms with Gasteiger partial charge in [0.1, 0.15) is 5.75 Å². The third-order valence-electron chi connectivity index (χ3n) is 7.27. The highest BCUT2D eigenvalue weighted by molar-refractivity contribution is 6.27. The van der Waals surface area contributed by atoms with Gasteiger partial charge in [0.25, 0.3) is 11.8 Å². The summed E-state index contributed by atoms with van der Waals surface area (Å²) in [5.74, 6) is -5.13. The molecule has 8 heteroatoms. The lowest BCUT2D eigenvalue weighted by atomic mass is 9.70. The van der Waals surface area contributed by atoms with Crippen molar-refractivity contribution in [3.05, 3.63) is 101 Å². The van der Waals surface area contributed by atoms with Crippen LogP contribution in [-0.2, 0) is 15.1 Å². The van der Waals surface area contributed by atoms with E-state index in [0.29, 0.717) is 17.0 Å². The summed E-state index contributed by atoms with van der Waals surface area (Å²) in [5.41, 5.74) is -1.14. The van der Waals surface area contributed by atoms with Crippen molar-refractivity contribution in [1.82, 2.24) is 5.32 Å². The number of β-lactam (4-membered cyclic amide) rings is 1. The van der Waals surface area contributed by atoms with Crippen molar-refractivity contribution in [2.24, 2.45) is 0 Å². The van der Waals surface area contributed by atoms with Gasteiger partial charge in [-0.15, -0.1) is 0 Å². The van der Waals surface area contributed by atoms with Crippen LogP contribution in [0.2, 0.25) is 0 Å². The summed E-state index contributed by atoms with van der Waals surface area (Å²) in [6.07, 6.45) is 5.98. The summed E-state index contributed by atoms with van der Waals surface area (Å²) in [4.78, 5) is 29.2. The molecule has 1 aliphatic heterocycles. The quantitative estimate of drug-likeness (QED) is 0.251. The van der Waals surface area contributed by atoms with Crippen LogP contribution in [-0.4, -0.2) is 25.0 Å². The number of carbonyl (C=O) groups is 2. The fourth-order valence-corrected chi connectivity index (χ4v) is 5.36. The van der Waals surface area contributed by atoms with Gasteiger partial charge in [-0.05, 0) is 66.4 Å². The molecule has 1 heterocycles. The molecule has 5 nitrogen and oxygen atoms in total. The molecular formula is C30H27F3N2O3. The standard InChI is InChI=1S/C30H27F3N2O3/c1-38-23-14-12-22(13-15-23)35-28(36)24(16-19-8-4-2-5-9-19)30(35,20-17-25(31)27(33)26(32)18-20)29(37)34-21-10-6-3-7-11-21/h2,4-5,8-9,12-18,21H,3,6-7,10-11H2,1H3,(H,34,37)/b24-16+. The van der Waals surface area contributed by atoms with E-state index in [4.69, 9.17) is 4.74 Å². The summed E-state index contributed by atoms with van der Waals surface area (Å²) in [6, 6.07) is 16.7. The number of ether oxygens (including phenoxy) is 1. The molecule has 1 N–H and O–H groups in total. The Morgan fingerprint density at radius 3 is 2.21 bits per heavy atom. The number of anilines is 1. The molecule has 1 saturated heterocycles. The molecule has 0 aromatic heterocycles. The molecule has 2 fully saturated rings. The molecule has 1 saturated carbocycles. The van der Waals surface area contributed by atoms with Crippen LogP contribution in [0, 0.1) is 17.5 Å². The Morgan fingerprint density at radius 1 is 0.974 bits per heavy atom. The van der Waals surface area contributed by atoms with Gasteiger partial charge < -0.3 is 10.1 Å². The minimum absolute atomic E-state index is 0.0261. The Labute approximate surface area is 218 Å². The molecule has 38 heavy (non-hydrogen) atoms. The second-order valence-electron chi connectivity index (χ2n) is 9.58. The van der Waals surface area contributed by atoms with Crippen LogP contribution < -0.4 is 15.0 Å². The van der Waals surface area contributed by atoms with Crippen molar-refractivity contribution < 1.29 is 27.5 Å². The minimum Gasteiger partial charge on any atom is -0.497 e. The number of nitrogens with one attached hydrogen (secondary N) is 1. The van der Waals surface area contributed by atoms with E-state index in [-0.39, 0.29) is 17.2 Å². The van der Waals surface area contributed by atoms with Gasteiger partial charge in [-0.3, -0.25) is 14.5 Å². The number of hydrogen-bond donors (Lipinski definition) is 1. The third-order valence-corrected chi connectivity index (χ3v) is 7.27. The lowest BCUT2D eigenvalue weighted by Crippen LogP contribution is -2.71. The molecule has 3 aromatic carbocycles. The zero-order valence-electron chi connectivity index (χ0n) is 20.8. The number of hydrogen-bond acceptors (Lipinski definition) is 3. The molecule has 0 spiro atoms. The van der Waals surface area contributed by atoms with E-state index in [1.54, 1.807) is 54.6 Å². The molecule has 1 atom stereocenters. The van der Waals surface area contributed by atoms with E-state index < -0.39 is 34.8 Å². The molecule has 0 radical (unpaired) electrons. The van der Waals surface area contributed by atoms with E-state index >= 15 is 0 Å². The number of methoxy groups -OCH3 is 1. The van der Waals surface area contributed by atoms with Gasteiger partial charge in [0, 0.05) is 11.7 Å². The first-order valence-corrected chi connectivity index (χ1v) is 12.6. The van der Waals surface area contributed by atoms with Gasteiger partial charge in [0.2, 0.25) is 0 Å². The highest BCUT2D eigenvalue weighted by Crippen LogP contribution is 2.50. The molecule has 196 valence electrons. The van der Waals surface area contributed by atoms with Gasteiger partial charge >= 0.3 is 0 Å². The molecule has 1 unspecified atom stereocenters. The van der Waals surface area contributed by atoms with Crippen molar-refractivity contribution in [2.75, 3.05) is 12.0 Å². The van der Waals surface area contributed by atoms with Crippen LogP contribution in [0.4, 0.5) is 18.9 Å². The summed E-state index contributed by atoms with van der Waals surface area (Å²) >= 11 is 0. The Bertz CT molecular complexity index is 1360. The van der Waals surface area contributed by atoms with Crippen molar-refractivity contribution in [3.8, 4) is 5.75 Å². The fraction of sp³-hybridized carbons (Fsp3) is 0.267. The second-order valence-corrected chi connectivity index (χ2v) is 9.58. The summed E-state index contributed by atoms with van der Waals surface area (Å²) in [7, 11) is 1.50. The third kappa shape index (κ3) is 4.34. The molecule has 0 bridgehead atoms. The maximum atomic E-state index is 14.6. The topological polar surface area (TPSA) is 58.6 Å². The number of rotatable bonds is 6. The Kier molecular flexibility index (Phi) is 6.97. The number of amides is 2. The highest BCUT2D eigenvalue weighted by Gasteiger charge is 2.63. The Morgan fingerprint density at radius 2 is 1.61 bits per heavy atom. The smallest absolute Gasteiger partial charge is 0.259 e. The zero-order chi connectivity index (χ0) is 26.9. The summed E-state index contributed by atoms with van der Waals surface area (Å²) in [5, 5.41) is 3.04. The first kappa shape index (κ1) is 25.6. The van der Waals surface area contributed by atoms with Crippen LogP contribution in [0.25, 0.3) is 6.08 Å². The molecule has 2 amide bonds. The minimum atomic E-state index is -1.94. The van der Waals surface area contributed by atoms with Crippen LogP contribution >= 0.6 is 0 Å². The van der Waals surface area contributed by atoms with E-state index in [9.17, 15) is 22.8 Å². The SMILES string of the molecule is COc1ccc(N2C(=O)/C(=C\c3ccccc3)C2(C(=O)NC2CCCCC2)c2cc(F)c(F)c(F)c2)cc1. The van der Waals surface area contributed by atoms with Gasteiger partial charge in [-0.1, -0.05) is 49.6 Å². The number of nitrogens with zero attached hydrogens (tertiary/aromatic N) is 1. The van der Waals surface area contributed by atoms with Crippen LogP contribution in [0.3, 0.4) is 0 Å². The van der Waals surface area contributed by atoms with E-state index in [0.717, 1.165) is 44.2 Å². The van der Waals surface area contributed by atoms with E-state index in [1.165, 1.54) is 12.0 Å².